The molecule has 2 heterocycles. The van der Waals surface area contributed by atoms with E-state index in [2.05, 4.69) is 29.4 Å². The topological polar surface area (TPSA) is 46.4 Å². The lowest BCUT2D eigenvalue weighted by atomic mass is 10.1. The van der Waals surface area contributed by atoms with Crippen molar-refractivity contribution in [3.8, 4) is 11.3 Å². The zero-order chi connectivity index (χ0) is 15.7. The van der Waals surface area contributed by atoms with Gasteiger partial charge in [-0.1, -0.05) is 26.0 Å². The molecule has 0 unspecified atom stereocenters. The lowest BCUT2D eigenvalue weighted by Crippen LogP contribution is -2.17. The smallest absolute Gasteiger partial charge is 0.226 e. The summed E-state index contributed by atoms with van der Waals surface area (Å²) < 4.78 is 2.01. The number of imidazole rings is 1. The van der Waals surface area contributed by atoms with Crippen LogP contribution in [0.15, 0.2) is 48.8 Å². The summed E-state index contributed by atoms with van der Waals surface area (Å²) >= 11 is 0. The Morgan fingerprint density at radius 3 is 2.59 bits per heavy atom. The Bertz CT molecular complexity index is 816. The SMILES string of the molecule is Cc1ccn2cc(-c3ccc(NC(=O)C(C)C)cc3)nc2c1. The van der Waals surface area contributed by atoms with E-state index in [1.165, 1.54) is 5.56 Å². The molecule has 0 atom stereocenters. The predicted octanol–water partition coefficient (Wildman–Crippen LogP) is 3.90. The van der Waals surface area contributed by atoms with Gasteiger partial charge in [-0.05, 0) is 36.8 Å². The number of carbonyl (C=O) groups is 1. The Balaban J connectivity index is 1.86. The van der Waals surface area contributed by atoms with E-state index in [9.17, 15) is 4.79 Å². The molecule has 1 amide bonds. The van der Waals surface area contributed by atoms with Gasteiger partial charge in [0.05, 0.1) is 5.69 Å². The fraction of sp³-hybridized carbons (Fsp3) is 0.222. The van der Waals surface area contributed by atoms with Crippen LogP contribution in [0.3, 0.4) is 0 Å². The third kappa shape index (κ3) is 2.86. The molecule has 1 N–H and O–H groups in total. The third-order valence-corrected chi connectivity index (χ3v) is 3.59. The molecule has 0 radical (unpaired) electrons. The quantitative estimate of drug-likeness (QED) is 0.796. The van der Waals surface area contributed by atoms with Crippen molar-refractivity contribution < 1.29 is 4.79 Å². The highest BCUT2D eigenvalue weighted by Crippen LogP contribution is 2.22. The highest BCUT2D eigenvalue weighted by atomic mass is 16.1. The maximum absolute atomic E-state index is 11.7. The number of anilines is 1. The number of hydrogen-bond donors (Lipinski definition) is 1. The van der Waals surface area contributed by atoms with Gasteiger partial charge in [0.15, 0.2) is 0 Å². The summed E-state index contributed by atoms with van der Waals surface area (Å²) in [7, 11) is 0. The number of aryl methyl sites for hydroxylation is 1. The number of hydrogen-bond acceptors (Lipinski definition) is 2. The van der Waals surface area contributed by atoms with E-state index in [-0.39, 0.29) is 11.8 Å². The van der Waals surface area contributed by atoms with Crippen LogP contribution in [-0.4, -0.2) is 15.3 Å². The number of benzene rings is 1. The fourth-order valence-corrected chi connectivity index (χ4v) is 2.23. The maximum atomic E-state index is 11.7. The minimum atomic E-state index is -0.0265. The monoisotopic (exact) mass is 293 g/mol. The third-order valence-electron chi connectivity index (χ3n) is 3.59. The highest BCUT2D eigenvalue weighted by molar-refractivity contribution is 5.92. The molecule has 4 heteroatoms. The molecule has 3 rings (SSSR count). The van der Waals surface area contributed by atoms with Crippen molar-refractivity contribution in [1.29, 1.82) is 0 Å². The van der Waals surface area contributed by atoms with Crippen LogP contribution in [0.25, 0.3) is 16.9 Å². The number of aromatic nitrogens is 2. The van der Waals surface area contributed by atoms with Crippen LogP contribution in [0.5, 0.6) is 0 Å². The summed E-state index contributed by atoms with van der Waals surface area (Å²) in [5.74, 6) is -0.00249. The zero-order valence-corrected chi connectivity index (χ0v) is 13.0. The first kappa shape index (κ1) is 14.3. The molecular formula is C18H19N3O. The van der Waals surface area contributed by atoms with Crippen molar-refractivity contribution in [2.24, 2.45) is 5.92 Å². The van der Waals surface area contributed by atoms with Crippen molar-refractivity contribution in [1.82, 2.24) is 9.38 Å². The van der Waals surface area contributed by atoms with Crippen molar-refractivity contribution in [2.75, 3.05) is 5.32 Å². The molecule has 0 aliphatic carbocycles. The van der Waals surface area contributed by atoms with Crippen LogP contribution in [-0.2, 0) is 4.79 Å². The van der Waals surface area contributed by atoms with Crippen LogP contribution < -0.4 is 5.32 Å². The molecule has 0 fully saturated rings. The first-order valence-corrected chi connectivity index (χ1v) is 7.39. The lowest BCUT2D eigenvalue weighted by molar-refractivity contribution is -0.118. The predicted molar refractivity (Wildman–Crippen MR) is 88.8 cm³/mol. The van der Waals surface area contributed by atoms with Crippen LogP contribution in [0, 0.1) is 12.8 Å². The molecule has 3 aromatic rings. The number of fused-ring (bicyclic) bond motifs is 1. The second-order valence-corrected chi connectivity index (χ2v) is 5.82. The molecular weight excluding hydrogens is 274 g/mol. The normalized spacial score (nSPS) is 11.1. The highest BCUT2D eigenvalue weighted by Gasteiger charge is 2.08. The first-order chi connectivity index (χ1) is 10.5. The lowest BCUT2D eigenvalue weighted by Gasteiger charge is -2.07. The number of rotatable bonds is 3. The van der Waals surface area contributed by atoms with E-state index < -0.39 is 0 Å². The first-order valence-electron chi connectivity index (χ1n) is 7.39. The van der Waals surface area contributed by atoms with Gasteiger partial charge >= 0.3 is 0 Å². The number of nitrogens with zero attached hydrogens (tertiary/aromatic N) is 2. The Labute approximate surface area is 129 Å². The van der Waals surface area contributed by atoms with E-state index >= 15 is 0 Å². The van der Waals surface area contributed by atoms with Gasteiger partial charge in [-0.15, -0.1) is 0 Å². The number of amides is 1. The Morgan fingerprint density at radius 2 is 1.91 bits per heavy atom. The summed E-state index contributed by atoms with van der Waals surface area (Å²) in [5, 5.41) is 2.89. The summed E-state index contributed by atoms with van der Waals surface area (Å²) in [6, 6.07) is 11.9. The van der Waals surface area contributed by atoms with Crippen molar-refractivity contribution in [2.45, 2.75) is 20.8 Å². The molecule has 2 aromatic heterocycles. The molecule has 0 aliphatic heterocycles. The maximum Gasteiger partial charge on any atom is 0.226 e. The van der Waals surface area contributed by atoms with Gasteiger partial charge in [-0.2, -0.15) is 0 Å². The van der Waals surface area contributed by atoms with Crippen LogP contribution >= 0.6 is 0 Å². The van der Waals surface area contributed by atoms with Gasteiger partial charge in [0, 0.05) is 29.6 Å². The van der Waals surface area contributed by atoms with E-state index in [0.29, 0.717) is 0 Å². The minimum absolute atomic E-state index is 0.0240. The molecule has 0 bridgehead atoms. The molecule has 4 nitrogen and oxygen atoms in total. The van der Waals surface area contributed by atoms with Crippen LogP contribution in [0.4, 0.5) is 5.69 Å². The summed E-state index contributed by atoms with van der Waals surface area (Å²) in [4.78, 5) is 16.3. The molecule has 0 spiro atoms. The number of pyridine rings is 1. The van der Waals surface area contributed by atoms with E-state index in [4.69, 9.17) is 0 Å². The summed E-state index contributed by atoms with van der Waals surface area (Å²) in [5.41, 5.74) is 4.89. The Hall–Kier alpha value is -2.62. The molecule has 112 valence electrons. The van der Waals surface area contributed by atoms with Crippen LogP contribution in [0.1, 0.15) is 19.4 Å². The van der Waals surface area contributed by atoms with Gasteiger partial charge < -0.3 is 9.72 Å². The van der Waals surface area contributed by atoms with Gasteiger partial charge in [0.25, 0.3) is 0 Å². The van der Waals surface area contributed by atoms with Crippen molar-refractivity contribution in [3.05, 3.63) is 54.4 Å². The Kier molecular flexibility index (Phi) is 3.67. The van der Waals surface area contributed by atoms with Gasteiger partial charge in [-0.25, -0.2) is 4.98 Å². The Morgan fingerprint density at radius 1 is 1.18 bits per heavy atom. The van der Waals surface area contributed by atoms with Gasteiger partial charge in [0.2, 0.25) is 5.91 Å². The van der Waals surface area contributed by atoms with E-state index in [0.717, 1.165) is 22.6 Å². The second kappa shape index (κ2) is 5.64. The fourth-order valence-electron chi connectivity index (χ4n) is 2.23. The van der Waals surface area contributed by atoms with E-state index in [1.54, 1.807) is 0 Å². The molecule has 22 heavy (non-hydrogen) atoms. The average Bonchev–Trinajstić information content (AvgIpc) is 2.90. The summed E-state index contributed by atoms with van der Waals surface area (Å²) in [6.45, 7) is 5.81. The zero-order valence-electron chi connectivity index (χ0n) is 13.0. The number of nitrogens with one attached hydrogen (secondary N) is 1. The summed E-state index contributed by atoms with van der Waals surface area (Å²) in [6.07, 6.45) is 4.02. The van der Waals surface area contributed by atoms with Gasteiger partial charge in [-0.3, -0.25) is 4.79 Å². The standard InChI is InChI=1S/C18H19N3O/c1-12(2)18(22)19-15-6-4-14(5-7-15)16-11-21-9-8-13(3)10-17(21)20-16/h4-12H,1-3H3,(H,19,22). The molecule has 0 saturated carbocycles. The average molecular weight is 293 g/mol. The number of carbonyl (C=O) groups excluding carboxylic acids is 1. The van der Waals surface area contributed by atoms with E-state index in [1.807, 2.05) is 54.9 Å². The largest absolute Gasteiger partial charge is 0.326 e. The molecule has 0 aliphatic rings. The second-order valence-electron chi connectivity index (χ2n) is 5.82. The molecule has 1 aromatic carbocycles. The van der Waals surface area contributed by atoms with Gasteiger partial charge in [0.1, 0.15) is 5.65 Å². The van der Waals surface area contributed by atoms with Crippen LogP contribution in [0.2, 0.25) is 0 Å². The van der Waals surface area contributed by atoms with Crippen molar-refractivity contribution >= 4 is 17.2 Å². The van der Waals surface area contributed by atoms with Crippen molar-refractivity contribution in [3.63, 3.8) is 0 Å². The molecule has 0 saturated heterocycles. The minimum Gasteiger partial charge on any atom is -0.326 e.